The molecule has 1 fully saturated rings. The first-order valence-electron chi connectivity index (χ1n) is 8.41. The predicted molar refractivity (Wildman–Crippen MR) is 95.7 cm³/mol. The summed E-state index contributed by atoms with van der Waals surface area (Å²) in [5, 5.41) is 4.21. The number of benzene rings is 1. The summed E-state index contributed by atoms with van der Waals surface area (Å²) in [6, 6.07) is 8.56. The van der Waals surface area contributed by atoms with Crippen molar-refractivity contribution in [1.29, 1.82) is 0 Å². The Balaban J connectivity index is 1.65. The molecule has 0 saturated carbocycles. The first-order valence-corrected chi connectivity index (χ1v) is 10.2. The maximum Gasteiger partial charge on any atom is 0.153 e. The molecule has 3 rings (SSSR count). The lowest BCUT2D eigenvalue weighted by molar-refractivity contribution is 0.212. The van der Waals surface area contributed by atoms with Gasteiger partial charge in [0.2, 0.25) is 0 Å². The average Bonchev–Trinajstić information content (AvgIpc) is 2.97. The summed E-state index contributed by atoms with van der Waals surface area (Å²) in [7, 11) is -1.10. The standard InChI is InChI=1S/C18H25N3O2S/c1-15-5-7-16(8-6-15)4-3-9-21-10-11-24(22,23)14-18(21)17-12-19-20(2)13-17/h5-8,12-13,18H,3-4,9-11,14H2,1-2H3. The van der Waals surface area contributed by atoms with Crippen LogP contribution in [0.3, 0.4) is 0 Å². The molecular formula is C18H25N3O2S. The predicted octanol–water partition coefficient (Wildman–Crippen LogP) is 2.13. The van der Waals surface area contributed by atoms with Crippen LogP contribution in [-0.4, -0.2) is 47.7 Å². The highest BCUT2D eigenvalue weighted by molar-refractivity contribution is 7.91. The van der Waals surface area contributed by atoms with Crippen molar-refractivity contribution in [3.63, 3.8) is 0 Å². The zero-order valence-corrected chi connectivity index (χ0v) is 15.2. The van der Waals surface area contributed by atoms with Gasteiger partial charge in [-0.25, -0.2) is 8.42 Å². The van der Waals surface area contributed by atoms with E-state index in [1.54, 1.807) is 10.9 Å². The van der Waals surface area contributed by atoms with Crippen molar-refractivity contribution in [1.82, 2.24) is 14.7 Å². The first-order chi connectivity index (χ1) is 11.4. The zero-order valence-electron chi connectivity index (χ0n) is 14.4. The van der Waals surface area contributed by atoms with Gasteiger partial charge < -0.3 is 0 Å². The van der Waals surface area contributed by atoms with E-state index in [9.17, 15) is 8.42 Å². The SMILES string of the molecule is Cc1ccc(CCCN2CCS(=O)(=O)CC2c2cnn(C)c2)cc1. The minimum atomic E-state index is -2.96. The summed E-state index contributed by atoms with van der Waals surface area (Å²) in [6.07, 6.45) is 5.76. The van der Waals surface area contributed by atoms with Gasteiger partial charge in [-0.15, -0.1) is 0 Å². The number of hydrogen-bond donors (Lipinski definition) is 0. The number of aryl methyl sites for hydroxylation is 3. The van der Waals surface area contributed by atoms with Crippen molar-refractivity contribution in [2.75, 3.05) is 24.6 Å². The molecule has 1 aliphatic rings. The summed E-state index contributed by atoms with van der Waals surface area (Å²) in [4.78, 5) is 2.30. The highest BCUT2D eigenvalue weighted by atomic mass is 32.2. The molecule has 2 aromatic rings. The maximum atomic E-state index is 12.1. The third-order valence-corrected chi connectivity index (χ3v) is 6.31. The van der Waals surface area contributed by atoms with Gasteiger partial charge in [0.15, 0.2) is 9.84 Å². The van der Waals surface area contributed by atoms with E-state index in [2.05, 4.69) is 41.2 Å². The summed E-state index contributed by atoms with van der Waals surface area (Å²) in [5.41, 5.74) is 3.61. The van der Waals surface area contributed by atoms with E-state index < -0.39 is 9.84 Å². The first kappa shape index (κ1) is 17.2. The summed E-state index contributed by atoms with van der Waals surface area (Å²) in [5.74, 6) is 0.456. The summed E-state index contributed by atoms with van der Waals surface area (Å²) < 4.78 is 25.9. The second-order valence-corrected chi connectivity index (χ2v) is 8.93. The molecule has 2 heterocycles. The van der Waals surface area contributed by atoms with Gasteiger partial charge in [0.05, 0.1) is 23.7 Å². The topological polar surface area (TPSA) is 55.2 Å². The second kappa shape index (κ2) is 7.07. The second-order valence-electron chi connectivity index (χ2n) is 6.70. The molecule has 1 atom stereocenters. The van der Waals surface area contributed by atoms with E-state index in [-0.39, 0.29) is 17.5 Å². The van der Waals surface area contributed by atoms with Crippen molar-refractivity contribution in [2.45, 2.75) is 25.8 Å². The molecule has 130 valence electrons. The van der Waals surface area contributed by atoms with Crippen LogP contribution in [0.4, 0.5) is 0 Å². The van der Waals surface area contributed by atoms with Crippen LogP contribution in [0.5, 0.6) is 0 Å². The molecule has 0 amide bonds. The Hall–Kier alpha value is -1.66. The van der Waals surface area contributed by atoms with Crippen LogP contribution in [0.1, 0.15) is 29.2 Å². The molecule has 0 N–H and O–H groups in total. The van der Waals surface area contributed by atoms with E-state index >= 15 is 0 Å². The Morgan fingerprint density at radius 1 is 1.25 bits per heavy atom. The number of rotatable bonds is 5. The monoisotopic (exact) mass is 347 g/mol. The number of aromatic nitrogens is 2. The third kappa shape index (κ3) is 4.24. The fourth-order valence-electron chi connectivity index (χ4n) is 3.27. The summed E-state index contributed by atoms with van der Waals surface area (Å²) in [6.45, 7) is 3.61. The average molecular weight is 347 g/mol. The Kier molecular flexibility index (Phi) is 5.06. The van der Waals surface area contributed by atoms with Crippen LogP contribution in [0.15, 0.2) is 36.7 Å². The third-order valence-electron chi connectivity index (χ3n) is 4.68. The minimum absolute atomic E-state index is 0.0736. The molecule has 1 unspecified atom stereocenters. The molecular weight excluding hydrogens is 322 g/mol. The number of nitrogens with zero attached hydrogens (tertiary/aromatic N) is 3. The van der Waals surface area contributed by atoms with Gasteiger partial charge in [-0.05, 0) is 31.9 Å². The molecule has 1 aromatic heterocycles. The van der Waals surface area contributed by atoms with Crippen molar-refractivity contribution in [2.24, 2.45) is 7.05 Å². The van der Waals surface area contributed by atoms with Gasteiger partial charge in [-0.1, -0.05) is 29.8 Å². The Labute approximate surface area is 144 Å². The highest BCUT2D eigenvalue weighted by Gasteiger charge is 2.32. The number of sulfone groups is 1. The van der Waals surface area contributed by atoms with E-state index in [0.717, 1.165) is 24.9 Å². The highest BCUT2D eigenvalue weighted by Crippen LogP contribution is 2.26. The van der Waals surface area contributed by atoms with E-state index in [1.807, 2.05) is 13.2 Å². The molecule has 0 spiro atoms. The Morgan fingerprint density at radius 2 is 2.00 bits per heavy atom. The van der Waals surface area contributed by atoms with Crippen LogP contribution in [0.2, 0.25) is 0 Å². The maximum absolute atomic E-state index is 12.1. The van der Waals surface area contributed by atoms with E-state index in [1.165, 1.54) is 11.1 Å². The van der Waals surface area contributed by atoms with Gasteiger partial charge in [0, 0.05) is 25.4 Å². The Bertz CT molecular complexity index is 781. The molecule has 0 bridgehead atoms. The molecule has 1 aliphatic heterocycles. The van der Waals surface area contributed by atoms with Gasteiger partial charge in [-0.2, -0.15) is 5.10 Å². The van der Waals surface area contributed by atoms with E-state index in [0.29, 0.717) is 6.54 Å². The largest absolute Gasteiger partial charge is 0.294 e. The lowest BCUT2D eigenvalue weighted by Gasteiger charge is -2.35. The molecule has 5 nitrogen and oxygen atoms in total. The smallest absolute Gasteiger partial charge is 0.153 e. The molecule has 0 aliphatic carbocycles. The van der Waals surface area contributed by atoms with Crippen LogP contribution < -0.4 is 0 Å². The van der Waals surface area contributed by atoms with Crippen LogP contribution in [-0.2, 0) is 23.3 Å². The fraction of sp³-hybridized carbons (Fsp3) is 0.500. The van der Waals surface area contributed by atoms with E-state index in [4.69, 9.17) is 0 Å². The van der Waals surface area contributed by atoms with Gasteiger partial charge in [-0.3, -0.25) is 9.58 Å². The quantitative estimate of drug-likeness (QED) is 0.831. The number of hydrogen-bond acceptors (Lipinski definition) is 4. The van der Waals surface area contributed by atoms with Gasteiger partial charge in [0.1, 0.15) is 0 Å². The lowest BCUT2D eigenvalue weighted by atomic mass is 10.1. The van der Waals surface area contributed by atoms with Crippen molar-refractivity contribution in [3.05, 3.63) is 53.3 Å². The van der Waals surface area contributed by atoms with Gasteiger partial charge in [0.25, 0.3) is 0 Å². The van der Waals surface area contributed by atoms with Crippen molar-refractivity contribution < 1.29 is 8.42 Å². The van der Waals surface area contributed by atoms with Crippen molar-refractivity contribution >= 4 is 9.84 Å². The zero-order chi connectivity index (χ0) is 17.2. The summed E-state index contributed by atoms with van der Waals surface area (Å²) >= 11 is 0. The van der Waals surface area contributed by atoms with Crippen LogP contribution in [0.25, 0.3) is 0 Å². The fourth-order valence-corrected chi connectivity index (χ4v) is 4.83. The van der Waals surface area contributed by atoms with Gasteiger partial charge >= 0.3 is 0 Å². The normalized spacial score (nSPS) is 21.0. The van der Waals surface area contributed by atoms with Crippen LogP contribution in [0, 0.1) is 6.92 Å². The lowest BCUT2D eigenvalue weighted by Crippen LogP contribution is -2.43. The molecule has 0 radical (unpaired) electrons. The molecule has 1 aromatic carbocycles. The molecule has 1 saturated heterocycles. The van der Waals surface area contributed by atoms with Crippen molar-refractivity contribution in [3.8, 4) is 0 Å². The Morgan fingerprint density at radius 3 is 2.67 bits per heavy atom. The minimum Gasteiger partial charge on any atom is -0.294 e. The van der Waals surface area contributed by atoms with Crippen LogP contribution >= 0.6 is 0 Å². The molecule has 24 heavy (non-hydrogen) atoms. The molecule has 6 heteroatoms.